The molecule has 134 valence electrons. The molecule has 0 radical (unpaired) electrons. The van der Waals surface area contributed by atoms with Crippen molar-refractivity contribution in [3.63, 3.8) is 0 Å². The van der Waals surface area contributed by atoms with Gasteiger partial charge in [-0.25, -0.2) is 0 Å². The maximum absolute atomic E-state index is 5.21. The number of aromatic nitrogens is 1. The fraction of sp³-hybridized carbons (Fsp3) is 0.474. The monoisotopic (exact) mass is 358 g/mol. The second kappa shape index (κ2) is 7.95. The molecular weight excluding hydrogens is 332 g/mol. The molecule has 5 nitrogen and oxygen atoms in total. The number of aryl methyl sites for hydroxylation is 2. The Morgan fingerprint density at radius 2 is 2.00 bits per heavy atom. The van der Waals surface area contributed by atoms with E-state index in [9.17, 15) is 0 Å². The van der Waals surface area contributed by atoms with E-state index in [2.05, 4.69) is 51.1 Å². The van der Waals surface area contributed by atoms with Crippen LogP contribution in [-0.4, -0.2) is 36.0 Å². The first-order valence-electron chi connectivity index (χ1n) is 8.72. The Labute approximate surface area is 153 Å². The van der Waals surface area contributed by atoms with E-state index >= 15 is 0 Å². The summed E-state index contributed by atoms with van der Waals surface area (Å²) in [7, 11) is 1.81. The Morgan fingerprint density at radius 1 is 1.24 bits per heavy atom. The van der Waals surface area contributed by atoms with E-state index in [-0.39, 0.29) is 0 Å². The van der Waals surface area contributed by atoms with E-state index in [1.54, 1.807) is 0 Å². The molecule has 1 aromatic carbocycles. The Kier molecular flexibility index (Phi) is 5.68. The first-order chi connectivity index (χ1) is 12.1. The molecule has 0 bridgehead atoms. The van der Waals surface area contributed by atoms with Crippen LogP contribution in [0.15, 0.2) is 44.7 Å². The molecule has 1 heterocycles. The molecule has 0 amide bonds. The van der Waals surface area contributed by atoms with Gasteiger partial charge in [0.05, 0.1) is 5.69 Å². The number of hydrogen-bond donors (Lipinski definition) is 2. The van der Waals surface area contributed by atoms with Gasteiger partial charge in [0.2, 0.25) is 0 Å². The molecule has 0 spiro atoms. The van der Waals surface area contributed by atoms with Crippen molar-refractivity contribution in [2.24, 2.45) is 4.99 Å². The fourth-order valence-corrected chi connectivity index (χ4v) is 4.07. The van der Waals surface area contributed by atoms with Gasteiger partial charge in [-0.15, -0.1) is 11.8 Å². The highest BCUT2D eigenvalue weighted by molar-refractivity contribution is 8.01. The summed E-state index contributed by atoms with van der Waals surface area (Å²) in [4.78, 5) is 5.67. The number of aliphatic imine (C=N–C) groups is 1. The Balaban J connectivity index is 1.45. The summed E-state index contributed by atoms with van der Waals surface area (Å²) >= 11 is 1.97. The predicted molar refractivity (Wildman–Crippen MR) is 103 cm³/mol. The van der Waals surface area contributed by atoms with Crippen LogP contribution < -0.4 is 10.6 Å². The lowest BCUT2D eigenvalue weighted by Gasteiger charge is -2.18. The predicted octanol–water partition coefficient (Wildman–Crippen LogP) is 3.32. The highest BCUT2D eigenvalue weighted by atomic mass is 32.2. The van der Waals surface area contributed by atoms with Gasteiger partial charge in [0, 0.05) is 35.3 Å². The molecule has 6 heteroatoms. The number of nitrogens with one attached hydrogen (secondary N) is 2. The van der Waals surface area contributed by atoms with Crippen LogP contribution >= 0.6 is 11.8 Å². The van der Waals surface area contributed by atoms with Crippen molar-refractivity contribution in [2.75, 3.05) is 20.1 Å². The highest BCUT2D eigenvalue weighted by Gasteiger charge is 2.43. The molecular formula is C19H26N4OS. The lowest BCUT2D eigenvalue weighted by molar-refractivity contribution is 0.392. The van der Waals surface area contributed by atoms with Crippen LogP contribution in [0.3, 0.4) is 0 Å². The molecule has 2 N–H and O–H groups in total. The first kappa shape index (κ1) is 17.9. The van der Waals surface area contributed by atoms with E-state index in [0.29, 0.717) is 4.75 Å². The Bertz CT molecular complexity index is 703. The number of benzene rings is 1. The second-order valence-electron chi connectivity index (χ2n) is 6.50. The van der Waals surface area contributed by atoms with Gasteiger partial charge in [0.15, 0.2) is 5.96 Å². The minimum absolute atomic E-state index is 0.306. The maximum Gasteiger partial charge on any atom is 0.191 e. The summed E-state index contributed by atoms with van der Waals surface area (Å²) in [5.41, 5.74) is 2.15. The highest BCUT2D eigenvalue weighted by Crippen LogP contribution is 2.51. The average molecular weight is 359 g/mol. The molecule has 2 aromatic rings. The smallest absolute Gasteiger partial charge is 0.191 e. The number of thioether (sulfide) groups is 1. The average Bonchev–Trinajstić information content (AvgIpc) is 3.31. The molecule has 0 unspecified atom stereocenters. The van der Waals surface area contributed by atoms with Crippen LogP contribution in [0.1, 0.15) is 29.9 Å². The zero-order chi connectivity index (χ0) is 17.7. The molecule has 3 rings (SSSR count). The summed E-state index contributed by atoms with van der Waals surface area (Å²) < 4.78 is 5.52. The molecule has 25 heavy (non-hydrogen) atoms. The SMILES string of the molecule is CN=C(NCCc1c(C)noc1C)NCC1(Sc2ccccc2)CC1. The van der Waals surface area contributed by atoms with Crippen LogP contribution in [0, 0.1) is 13.8 Å². The Hall–Kier alpha value is -1.95. The third-order valence-corrected chi connectivity index (χ3v) is 6.03. The van der Waals surface area contributed by atoms with Gasteiger partial charge in [-0.1, -0.05) is 23.4 Å². The maximum atomic E-state index is 5.21. The summed E-state index contributed by atoms with van der Waals surface area (Å²) in [5.74, 6) is 1.75. The Morgan fingerprint density at radius 3 is 2.60 bits per heavy atom. The van der Waals surface area contributed by atoms with Crippen molar-refractivity contribution in [3.8, 4) is 0 Å². The van der Waals surface area contributed by atoms with E-state index in [1.807, 2.05) is 32.7 Å². The molecule has 1 aliphatic rings. The second-order valence-corrected chi connectivity index (χ2v) is 8.04. The molecule has 1 fully saturated rings. The summed E-state index contributed by atoms with van der Waals surface area (Å²) in [6.45, 7) is 5.68. The van der Waals surface area contributed by atoms with Crippen molar-refractivity contribution in [3.05, 3.63) is 47.3 Å². The third kappa shape index (κ3) is 4.78. The summed E-state index contributed by atoms with van der Waals surface area (Å²) in [5, 5.41) is 10.9. The van der Waals surface area contributed by atoms with Gasteiger partial charge in [-0.2, -0.15) is 0 Å². The zero-order valence-electron chi connectivity index (χ0n) is 15.1. The molecule has 1 aromatic heterocycles. The van der Waals surface area contributed by atoms with Crippen molar-refractivity contribution < 1.29 is 4.52 Å². The van der Waals surface area contributed by atoms with Crippen LogP contribution in [0.25, 0.3) is 0 Å². The molecule has 1 saturated carbocycles. The van der Waals surface area contributed by atoms with E-state index in [4.69, 9.17) is 4.52 Å². The van der Waals surface area contributed by atoms with Gasteiger partial charge in [0.1, 0.15) is 5.76 Å². The van der Waals surface area contributed by atoms with Crippen LogP contribution in [0.2, 0.25) is 0 Å². The van der Waals surface area contributed by atoms with E-state index in [1.165, 1.54) is 23.3 Å². The standard InChI is InChI=1S/C19H26N4OS/c1-14-17(15(2)24-23-14)9-12-21-18(20-3)22-13-19(10-11-19)25-16-7-5-4-6-8-16/h4-8H,9-13H2,1-3H3,(H2,20,21,22). The van der Waals surface area contributed by atoms with Gasteiger partial charge in [0.25, 0.3) is 0 Å². The lowest BCUT2D eigenvalue weighted by Crippen LogP contribution is -2.41. The molecule has 0 saturated heterocycles. The molecule has 1 aliphatic carbocycles. The van der Waals surface area contributed by atoms with Gasteiger partial charge >= 0.3 is 0 Å². The van der Waals surface area contributed by atoms with E-state index in [0.717, 1.165) is 36.9 Å². The van der Waals surface area contributed by atoms with Gasteiger partial charge < -0.3 is 15.2 Å². The van der Waals surface area contributed by atoms with Crippen LogP contribution in [-0.2, 0) is 6.42 Å². The van der Waals surface area contributed by atoms with Crippen molar-refractivity contribution >= 4 is 17.7 Å². The van der Waals surface area contributed by atoms with Crippen LogP contribution in [0.5, 0.6) is 0 Å². The normalized spacial score (nSPS) is 15.9. The fourth-order valence-electron chi connectivity index (χ4n) is 2.82. The molecule has 0 aliphatic heterocycles. The number of hydrogen-bond acceptors (Lipinski definition) is 4. The quantitative estimate of drug-likeness (QED) is 0.587. The van der Waals surface area contributed by atoms with Crippen molar-refractivity contribution in [1.29, 1.82) is 0 Å². The van der Waals surface area contributed by atoms with Crippen molar-refractivity contribution in [1.82, 2.24) is 15.8 Å². The first-order valence-corrected chi connectivity index (χ1v) is 9.54. The summed E-state index contributed by atoms with van der Waals surface area (Å²) in [6.07, 6.45) is 3.37. The summed E-state index contributed by atoms with van der Waals surface area (Å²) in [6, 6.07) is 10.6. The number of rotatable bonds is 7. The third-order valence-electron chi connectivity index (χ3n) is 4.54. The van der Waals surface area contributed by atoms with E-state index < -0.39 is 0 Å². The lowest BCUT2D eigenvalue weighted by atomic mass is 10.1. The van der Waals surface area contributed by atoms with Gasteiger partial charge in [-0.3, -0.25) is 4.99 Å². The number of guanidine groups is 1. The van der Waals surface area contributed by atoms with Gasteiger partial charge in [-0.05, 0) is 45.2 Å². The van der Waals surface area contributed by atoms with Crippen LogP contribution in [0.4, 0.5) is 0 Å². The zero-order valence-corrected chi connectivity index (χ0v) is 15.9. The number of nitrogens with zero attached hydrogens (tertiary/aromatic N) is 2. The minimum Gasteiger partial charge on any atom is -0.361 e. The molecule has 0 atom stereocenters. The largest absolute Gasteiger partial charge is 0.361 e. The van der Waals surface area contributed by atoms with Crippen molar-refractivity contribution in [2.45, 2.75) is 42.8 Å². The minimum atomic E-state index is 0.306. The topological polar surface area (TPSA) is 62.5 Å².